The van der Waals surface area contributed by atoms with Crippen LogP contribution in [0, 0.1) is 6.92 Å². The van der Waals surface area contributed by atoms with Crippen LogP contribution in [0.15, 0.2) is 27.1 Å². The Kier molecular flexibility index (Phi) is 5.29. The minimum absolute atomic E-state index is 0.171. The average molecular weight is 422 g/mol. The molecular formula is C14H16Br2ClN3. The van der Waals surface area contributed by atoms with E-state index in [2.05, 4.69) is 54.4 Å². The van der Waals surface area contributed by atoms with Gasteiger partial charge in [0.25, 0.3) is 0 Å². The molecule has 1 atom stereocenters. The van der Waals surface area contributed by atoms with Gasteiger partial charge in [-0.25, -0.2) is 0 Å². The molecule has 3 nitrogen and oxygen atoms in total. The van der Waals surface area contributed by atoms with Crippen LogP contribution in [0.5, 0.6) is 0 Å². The number of nitrogens with one attached hydrogen (secondary N) is 1. The van der Waals surface area contributed by atoms with Gasteiger partial charge in [0.2, 0.25) is 0 Å². The highest BCUT2D eigenvalue weighted by Gasteiger charge is 2.19. The number of rotatable bonds is 4. The van der Waals surface area contributed by atoms with Gasteiger partial charge < -0.3 is 5.32 Å². The fourth-order valence-corrected chi connectivity index (χ4v) is 3.81. The van der Waals surface area contributed by atoms with Crippen LogP contribution in [-0.4, -0.2) is 16.8 Å². The van der Waals surface area contributed by atoms with E-state index >= 15 is 0 Å². The number of nitrogens with zero attached hydrogens (tertiary/aromatic N) is 2. The molecule has 0 saturated heterocycles. The molecule has 0 aliphatic carbocycles. The summed E-state index contributed by atoms with van der Waals surface area (Å²) in [5.74, 6) is 0. The van der Waals surface area contributed by atoms with Crippen LogP contribution in [0.1, 0.15) is 23.0 Å². The quantitative estimate of drug-likeness (QED) is 0.793. The highest BCUT2D eigenvalue weighted by Crippen LogP contribution is 2.31. The lowest BCUT2D eigenvalue weighted by atomic mass is 10.0. The zero-order valence-corrected chi connectivity index (χ0v) is 15.5. The lowest BCUT2D eigenvalue weighted by Crippen LogP contribution is -2.20. The molecule has 1 unspecified atom stereocenters. The topological polar surface area (TPSA) is 29.9 Å². The van der Waals surface area contributed by atoms with Gasteiger partial charge in [-0.3, -0.25) is 4.68 Å². The number of aryl methyl sites for hydroxylation is 2. The maximum Gasteiger partial charge on any atom is 0.0847 e. The fraction of sp³-hybridized carbons (Fsp3) is 0.357. The zero-order chi connectivity index (χ0) is 14.9. The number of aromatic nitrogens is 2. The second-order valence-electron chi connectivity index (χ2n) is 4.68. The van der Waals surface area contributed by atoms with E-state index in [0.29, 0.717) is 0 Å². The number of benzene rings is 1. The van der Waals surface area contributed by atoms with Gasteiger partial charge in [-0.1, -0.05) is 49.5 Å². The van der Waals surface area contributed by atoms with Gasteiger partial charge >= 0.3 is 0 Å². The number of hydrogen-bond donors (Lipinski definition) is 1. The molecule has 0 fully saturated rings. The molecule has 0 aliphatic heterocycles. The van der Waals surface area contributed by atoms with E-state index in [0.717, 1.165) is 31.8 Å². The van der Waals surface area contributed by atoms with Gasteiger partial charge in [0.15, 0.2) is 0 Å². The fourth-order valence-electron chi connectivity index (χ4n) is 2.25. The Hall–Kier alpha value is -0.360. The lowest BCUT2D eigenvalue weighted by Gasteiger charge is -2.19. The molecular weight excluding hydrogens is 405 g/mol. The number of halogens is 3. The molecule has 6 heteroatoms. The third-order valence-corrected chi connectivity index (χ3v) is 5.02. The van der Waals surface area contributed by atoms with E-state index in [4.69, 9.17) is 11.6 Å². The average Bonchev–Trinajstić information content (AvgIpc) is 2.62. The summed E-state index contributed by atoms with van der Waals surface area (Å²) in [7, 11) is 3.88. The van der Waals surface area contributed by atoms with Crippen molar-refractivity contribution < 1.29 is 0 Å². The predicted molar refractivity (Wildman–Crippen MR) is 90.3 cm³/mol. The SMILES string of the molecule is CNC(Cc1c(Cl)c(C)nn1C)c1ccc(Br)cc1Br. The summed E-state index contributed by atoms with van der Waals surface area (Å²) in [6.45, 7) is 1.93. The Bertz CT molecular complexity index is 625. The first-order valence-corrected chi connectivity index (χ1v) is 8.20. The molecule has 20 heavy (non-hydrogen) atoms. The lowest BCUT2D eigenvalue weighted by molar-refractivity contribution is 0.559. The van der Waals surface area contributed by atoms with Gasteiger partial charge in [0.05, 0.1) is 16.4 Å². The third-order valence-electron chi connectivity index (χ3n) is 3.35. The Morgan fingerprint density at radius 2 is 2.10 bits per heavy atom. The standard InChI is InChI=1S/C14H16Br2ClN3/c1-8-14(17)13(20(3)19-8)7-12(18-2)10-5-4-9(15)6-11(10)16/h4-6,12,18H,7H2,1-3H3. The van der Waals surface area contributed by atoms with E-state index in [1.54, 1.807) is 0 Å². The van der Waals surface area contributed by atoms with E-state index in [1.165, 1.54) is 5.56 Å². The van der Waals surface area contributed by atoms with Gasteiger partial charge in [-0.05, 0) is 31.7 Å². The molecule has 0 radical (unpaired) electrons. The largest absolute Gasteiger partial charge is 0.313 e. The van der Waals surface area contributed by atoms with E-state index in [-0.39, 0.29) is 6.04 Å². The summed E-state index contributed by atoms with van der Waals surface area (Å²) in [5, 5.41) is 8.46. The maximum atomic E-state index is 6.34. The van der Waals surface area contributed by atoms with Crippen LogP contribution >= 0.6 is 43.5 Å². The molecule has 1 aromatic carbocycles. The molecule has 0 bridgehead atoms. The summed E-state index contributed by atoms with van der Waals surface area (Å²) in [5.41, 5.74) is 3.11. The first kappa shape index (κ1) is 16.0. The first-order chi connectivity index (χ1) is 9.43. The molecule has 0 amide bonds. The van der Waals surface area contributed by atoms with Crippen molar-refractivity contribution in [2.75, 3.05) is 7.05 Å². The summed E-state index contributed by atoms with van der Waals surface area (Å²) < 4.78 is 3.98. The number of likely N-dealkylation sites (N-methyl/N-ethyl adjacent to an activating group) is 1. The Morgan fingerprint density at radius 3 is 2.60 bits per heavy atom. The molecule has 1 heterocycles. The normalized spacial score (nSPS) is 12.7. The van der Waals surface area contributed by atoms with Gasteiger partial charge in [0.1, 0.15) is 0 Å². The van der Waals surface area contributed by atoms with Gasteiger partial charge in [-0.2, -0.15) is 5.10 Å². The monoisotopic (exact) mass is 419 g/mol. The van der Waals surface area contributed by atoms with Crippen molar-refractivity contribution >= 4 is 43.5 Å². The van der Waals surface area contributed by atoms with Crippen molar-refractivity contribution in [2.45, 2.75) is 19.4 Å². The summed E-state index contributed by atoms with van der Waals surface area (Å²) in [6.07, 6.45) is 0.785. The molecule has 0 saturated carbocycles. The van der Waals surface area contributed by atoms with Crippen LogP contribution in [0.3, 0.4) is 0 Å². The maximum absolute atomic E-state index is 6.34. The van der Waals surface area contributed by atoms with Gasteiger partial charge in [-0.15, -0.1) is 0 Å². The smallest absolute Gasteiger partial charge is 0.0847 e. The van der Waals surface area contributed by atoms with Crippen LogP contribution in [0.4, 0.5) is 0 Å². The van der Waals surface area contributed by atoms with Crippen molar-refractivity contribution in [3.8, 4) is 0 Å². The molecule has 1 aromatic heterocycles. The minimum atomic E-state index is 0.171. The Balaban J connectivity index is 2.33. The number of hydrogen-bond acceptors (Lipinski definition) is 2. The predicted octanol–water partition coefficient (Wildman–Crippen LogP) is 4.41. The van der Waals surface area contributed by atoms with Crippen molar-refractivity contribution in [1.82, 2.24) is 15.1 Å². The van der Waals surface area contributed by atoms with E-state index in [1.807, 2.05) is 31.8 Å². The molecule has 2 aromatic rings. The third kappa shape index (κ3) is 3.27. The van der Waals surface area contributed by atoms with Crippen LogP contribution in [0.2, 0.25) is 5.02 Å². The van der Waals surface area contributed by atoms with Crippen LogP contribution in [0.25, 0.3) is 0 Å². The highest BCUT2D eigenvalue weighted by molar-refractivity contribution is 9.11. The molecule has 2 rings (SSSR count). The molecule has 1 N–H and O–H groups in total. The van der Waals surface area contributed by atoms with Crippen molar-refractivity contribution in [1.29, 1.82) is 0 Å². The van der Waals surface area contributed by atoms with E-state index in [9.17, 15) is 0 Å². The molecule has 0 spiro atoms. The van der Waals surface area contributed by atoms with Gasteiger partial charge in [0, 0.05) is 28.5 Å². The van der Waals surface area contributed by atoms with E-state index < -0.39 is 0 Å². The zero-order valence-electron chi connectivity index (χ0n) is 11.5. The Morgan fingerprint density at radius 1 is 1.40 bits per heavy atom. The minimum Gasteiger partial charge on any atom is -0.313 e. The van der Waals surface area contributed by atoms with Crippen molar-refractivity contribution in [2.24, 2.45) is 7.05 Å². The summed E-state index contributed by atoms with van der Waals surface area (Å²) in [4.78, 5) is 0. The molecule has 108 valence electrons. The second-order valence-corrected chi connectivity index (χ2v) is 6.83. The van der Waals surface area contributed by atoms with Crippen molar-refractivity contribution in [3.63, 3.8) is 0 Å². The molecule has 0 aliphatic rings. The summed E-state index contributed by atoms with van der Waals surface area (Å²) in [6, 6.07) is 6.37. The highest BCUT2D eigenvalue weighted by atomic mass is 79.9. The van der Waals surface area contributed by atoms with Crippen molar-refractivity contribution in [3.05, 3.63) is 49.1 Å². The van der Waals surface area contributed by atoms with Crippen LogP contribution in [-0.2, 0) is 13.5 Å². The van der Waals surface area contributed by atoms with Crippen LogP contribution < -0.4 is 5.32 Å². The summed E-state index contributed by atoms with van der Waals surface area (Å²) >= 11 is 13.4. The second kappa shape index (κ2) is 6.60. The first-order valence-electron chi connectivity index (χ1n) is 6.24. The Labute approximate surface area is 141 Å².